The lowest BCUT2D eigenvalue weighted by Crippen LogP contribution is -2.39. The average molecular weight is 392 g/mol. The Kier molecular flexibility index (Phi) is 4.63. The number of fused-ring (bicyclic) bond motifs is 1. The Morgan fingerprint density at radius 2 is 1.89 bits per heavy atom. The predicted octanol–water partition coefficient (Wildman–Crippen LogP) is 3.32. The molecule has 1 aliphatic rings. The lowest BCUT2D eigenvalue weighted by Gasteiger charge is -2.24. The number of aryl methyl sites for hydroxylation is 1. The lowest BCUT2D eigenvalue weighted by atomic mass is 9.93. The molecule has 1 aliphatic heterocycles. The van der Waals surface area contributed by atoms with Crippen LogP contribution in [0.5, 0.6) is 5.75 Å². The van der Waals surface area contributed by atoms with Crippen molar-refractivity contribution in [1.29, 1.82) is 0 Å². The molecule has 0 radical (unpaired) electrons. The van der Waals surface area contributed by atoms with Crippen LogP contribution in [0, 0.1) is 18.2 Å². The second kappa shape index (κ2) is 6.53. The molecule has 0 aromatic heterocycles. The first kappa shape index (κ1) is 19.2. The van der Waals surface area contributed by atoms with Gasteiger partial charge in [-0.05, 0) is 56.7 Å². The van der Waals surface area contributed by atoms with Crippen LogP contribution in [0.15, 0.2) is 41.3 Å². The van der Waals surface area contributed by atoms with Crippen LogP contribution in [0.1, 0.15) is 19.4 Å². The topological polar surface area (TPSA) is 75.7 Å². The summed E-state index contributed by atoms with van der Waals surface area (Å²) >= 11 is 0. The Balaban J connectivity index is 1.93. The van der Waals surface area contributed by atoms with E-state index in [0.717, 1.165) is 6.07 Å². The summed E-state index contributed by atoms with van der Waals surface area (Å²) in [5.74, 6) is -0.147. The van der Waals surface area contributed by atoms with Crippen LogP contribution in [0.3, 0.4) is 0 Å². The van der Waals surface area contributed by atoms with Gasteiger partial charge >= 0.3 is 0 Å². The minimum Gasteiger partial charge on any atom is -0.490 e. The van der Waals surface area contributed by atoms with Crippen molar-refractivity contribution in [2.24, 2.45) is 5.41 Å². The molecule has 0 spiro atoms. The third-order valence-electron chi connectivity index (χ3n) is 4.49. The number of benzene rings is 2. The maximum Gasteiger partial charge on any atom is 0.261 e. The van der Waals surface area contributed by atoms with Crippen LogP contribution in [0.2, 0.25) is 0 Å². The van der Waals surface area contributed by atoms with Crippen molar-refractivity contribution < 1.29 is 22.3 Å². The van der Waals surface area contributed by atoms with Crippen molar-refractivity contribution >= 4 is 27.3 Å². The minimum absolute atomic E-state index is 0.0364. The van der Waals surface area contributed by atoms with Crippen molar-refractivity contribution in [2.75, 3.05) is 23.3 Å². The fourth-order valence-corrected chi connectivity index (χ4v) is 3.99. The molecule has 1 heterocycles. The van der Waals surface area contributed by atoms with Gasteiger partial charge in [0, 0.05) is 13.1 Å². The molecule has 8 heteroatoms. The fraction of sp³-hybridized carbons (Fsp3) is 0.316. The molecule has 6 nitrogen and oxygen atoms in total. The number of amides is 1. The van der Waals surface area contributed by atoms with Crippen LogP contribution >= 0.6 is 0 Å². The van der Waals surface area contributed by atoms with Crippen LogP contribution in [-0.4, -0.2) is 28.0 Å². The van der Waals surface area contributed by atoms with E-state index in [0.29, 0.717) is 11.4 Å². The number of hydrogen-bond acceptors (Lipinski definition) is 4. The Bertz CT molecular complexity index is 1020. The molecule has 0 unspecified atom stereocenters. The van der Waals surface area contributed by atoms with Crippen LogP contribution in [0.25, 0.3) is 0 Å². The first-order valence-corrected chi connectivity index (χ1v) is 9.83. The van der Waals surface area contributed by atoms with Crippen molar-refractivity contribution in [3.05, 3.63) is 47.8 Å². The molecule has 2 aromatic rings. The van der Waals surface area contributed by atoms with E-state index in [1.54, 1.807) is 33.0 Å². The summed E-state index contributed by atoms with van der Waals surface area (Å²) in [6.45, 7) is 5.26. The van der Waals surface area contributed by atoms with Gasteiger partial charge in [0.2, 0.25) is 5.91 Å². The third-order valence-corrected chi connectivity index (χ3v) is 5.86. The molecule has 0 saturated carbocycles. The predicted molar refractivity (Wildman–Crippen MR) is 101 cm³/mol. The zero-order chi connectivity index (χ0) is 20.0. The largest absolute Gasteiger partial charge is 0.490 e. The summed E-state index contributed by atoms with van der Waals surface area (Å²) in [5, 5.41) is 0. The van der Waals surface area contributed by atoms with Gasteiger partial charge in [-0.1, -0.05) is 0 Å². The van der Waals surface area contributed by atoms with Gasteiger partial charge < -0.3 is 9.64 Å². The number of hydrogen-bond donors (Lipinski definition) is 1. The number of sulfonamides is 1. The number of rotatable bonds is 3. The molecule has 0 saturated heterocycles. The fourth-order valence-electron chi connectivity index (χ4n) is 2.85. The van der Waals surface area contributed by atoms with E-state index < -0.39 is 21.3 Å². The van der Waals surface area contributed by atoms with Gasteiger partial charge in [0.15, 0.2) is 0 Å². The second-order valence-electron chi connectivity index (χ2n) is 7.24. The van der Waals surface area contributed by atoms with Crippen molar-refractivity contribution in [3.63, 3.8) is 0 Å². The van der Waals surface area contributed by atoms with E-state index in [-0.39, 0.29) is 28.7 Å². The van der Waals surface area contributed by atoms with E-state index in [1.807, 2.05) is 0 Å². The molecule has 27 heavy (non-hydrogen) atoms. The molecule has 1 N–H and O–H groups in total. The minimum atomic E-state index is -3.89. The quantitative estimate of drug-likeness (QED) is 0.870. The maximum atomic E-state index is 13.4. The van der Waals surface area contributed by atoms with E-state index in [2.05, 4.69) is 4.72 Å². The standard InChI is InChI=1S/C19H21FN2O4S/c1-12-9-14(6-7-15(12)20)27(24,25)21-13-5-8-16-17(10-13)26-11-19(2,3)18(23)22(16)4/h5-10,21H,11H2,1-4H3. The van der Waals surface area contributed by atoms with E-state index in [9.17, 15) is 17.6 Å². The zero-order valence-corrected chi connectivity index (χ0v) is 16.4. The Morgan fingerprint density at radius 3 is 2.56 bits per heavy atom. The highest BCUT2D eigenvalue weighted by atomic mass is 32.2. The Morgan fingerprint density at radius 1 is 1.19 bits per heavy atom. The number of anilines is 2. The first-order valence-electron chi connectivity index (χ1n) is 8.35. The third kappa shape index (κ3) is 3.62. The number of carbonyl (C=O) groups excluding carboxylic acids is 1. The molecular formula is C19H21FN2O4S. The summed E-state index contributed by atoms with van der Waals surface area (Å²) < 4.78 is 46.8. The first-order chi connectivity index (χ1) is 12.5. The van der Waals surface area contributed by atoms with Gasteiger partial charge in [-0.2, -0.15) is 0 Å². The summed E-state index contributed by atoms with van der Waals surface area (Å²) in [7, 11) is -2.23. The van der Waals surface area contributed by atoms with Crippen molar-refractivity contribution in [3.8, 4) is 5.75 Å². The van der Waals surface area contributed by atoms with Crippen LogP contribution in [0.4, 0.5) is 15.8 Å². The average Bonchev–Trinajstić information content (AvgIpc) is 2.68. The molecule has 0 atom stereocenters. The van der Waals surface area contributed by atoms with E-state index >= 15 is 0 Å². The lowest BCUT2D eigenvalue weighted by molar-refractivity contribution is -0.127. The summed E-state index contributed by atoms with van der Waals surface area (Å²) in [5.41, 5.74) is 0.395. The van der Waals surface area contributed by atoms with Gasteiger partial charge in [0.05, 0.1) is 21.7 Å². The highest BCUT2D eigenvalue weighted by Gasteiger charge is 2.36. The highest BCUT2D eigenvalue weighted by Crippen LogP contribution is 2.37. The van der Waals surface area contributed by atoms with Gasteiger partial charge in [-0.25, -0.2) is 12.8 Å². The highest BCUT2D eigenvalue weighted by molar-refractivity contribution is 7.92. The summed E-state index contributed by atoms with van der Waals surface area (Å²) in [6, 6.07) is 8.31. The summed E-state index contributed by atoms with van der Waals surface area (Å²) in [4.78, 5) is 14.0. The van der Waals surface area contributed by atoms with Crippen molar-refractivity contribution in [1.82, 2.24) is 0 Å². The van der Waals surface area contributed by atoms with E-state index in [1.165, 1.54) is 30.0 Å². The smallest absolute Gasteiger partial charge is 0.261 e. The molecule has 144 valence electrons. The SMILES string of the molecule is Cc1cc(S(=O)(=O)Nc2ccc3c(c2)OCC(C)(C)C(=O)N3C)ccc1F. The van der Waals surface area contributed by atoms with Gasteiger partial charge in [0.25, 0.3) is 10.0 Å². The number of ether oxygens (including phenoxy) is 1. The molecule has 0 aliphatic carbocycles. The monoisotopic (exact) mass is 392 g/mol. The van der Waals surface area contributed by atoms with Crippen LogP contribution in [-0.2, 0) is 14.8 Å². The molecule has 1 amide bonds. The van der Waals surface area contributed by atoms with E-state index in [4.69, 9.17) is 4.74 Å². The van der Waals surface area contributed by atoms with Crippen LogP contribution < -0.4 is 14.4 Å². The van der Waals surface area contributed by atoms with Gasteiger partial charge in [-0.15, -0.1) is 0 Å². The van der Waals surface area contributed by atoms with Gasteiger partial charge in [0.1, 0.15) is 18.2 Å². The van der Waals surface area contributed by atoms with Crippen molar-refractivity contribution in [2.45, 2.75) is 25.7 Å². The second-order valence-corrected chi connectivity index (χ2v) is 8.92. The normalized spacial score (nSPS) is 16.3. The summed E-state index contributed by atoms with van der Waals surface area (Å²) in [6.07, 6.45) is 0. The molecule has 0 fully saturated rings. The zero-order valence-electron chi connectivity index (χ0n) is 15.5. The number of nitrogens with one attached hydrogen (secondary N) is 1. The number of carbonyl (C=O) groups is 1. The molecule has 0 bridgehead atoms. The molecular weight excluding hydrogens is 371 g/mol. The molecule has 2 aromatic carbocycles. The Labute approximate surface area is 158 Å². The number of nitrogens with zero attached hydrogens (tertiary/aromatic N) is 1. The maximum absolute atomic E-state index is 13.4. The Hall–Kier alpha value is -2.61. The van der Waals surface area contributed by atoms with Gasteiger partial charge in [-0.3, -0.25) is 9.52 Å². The number of halogens is 1. The molecule has 3 rings (SSSR count).